The van der Waals surface area contributed by atoms with Crippen molar-refractivity contribution in [3.63, 3.8) is 0 Å². The number of carbonyl (C=O) groups excluding carboxylic acids is 2. The molecule has 1 fully saturated rings. The van der Waals surface area contributed by atoms with Gasteiger partial charge in [-0.3, -0.25) is 9.69 Å². The van der Waals surface area contributed by atoms with Crippen molar-refractivity contribution < 1.29 is 9.59 Å². The van der Waals surface area contributed by atoms with E-state index in [1.165, 1.54) is 17.7 Å². The Balaban J connectivity index is 1.91. The molecular formula is C21H34N4O2. The SMILES string of the molecule is CC1CCN(C(CNC(=O)Nc2cccc(C(=O)N(C)C)c2)C(C)C)CC1. The van der Waals surface area contributed by atoms with Gasteiger partial charge >= 0.3 is 6.03 Å². The lowest BCUT2D eigenvalue weighted by atomic mass is 9.94. The number of urea groups is 1. The first kappa shape index (κ1) is 21.2. The molecular weight excluding hydrogens is 340 g/mol. The molecule has 27 heavy (non-hydrogen) atoms. The van der Waals surface area contributed by atoms with Crippen LogP contribution in [-0.4, -0.2) is 61.5 Å². The first-order valence-electron chi connectivity index (χ1n) is 9.88. The third kappa shape index (κ3) is 6.24. The molecule has 150 valence electrons. The Labute approximate surface area is 163 Å². The molecule has 3 amide bonds. The van der Waals surface area contributed by atoms with Crippen molar-refractivity contribution in [3.05, 3.63) is 29.8 Å². The van der Waals surface area contributed by atoms with Crippen LogP contribution in [0.5, 0.6) is 0 Å². The van der Waals surface area contributed by atoms with Crippen LogP contribution in [0.15, 0.2) is 24.3 Å². The van der Waals surface area contributed by atoms with Gasteiger partial charge in [0.15, 0.2) is 0 Å². The van der Waals surface area contributed by atoms with Gasteiger partial charge in [0.05, 0.1) is 0 Å². The van der Waals surface area contributed by atoms with Gasteiger partial charge in [0.25, 0.3) is 5.91 Å². The number of nitrogens with zero attached hydrogens (tertiary/aromatic N) is 2. The molecule has 1 heterocycles. The van der Waals surface area contributed by atoms with Crippen LogP contribution in [-0.2, 0) is 0 Å². The van der Waals surface area contributed by atoms with Crippen molar-refractivity contribution in [3.8, 4) is 0 Å². The lowest BCUT2D eigenvalue weighted by Crippen LogP contribution is -2.50. The Hall–Kier alpha value is -2.08. The summed E-state index contributed by atoms with van der Waals surface area (Å²) in [6, 6.07) is 7.12. The van der Waals surface area contributed by atoms with Gasteiger partial charge in [0.1, 0.15) is 0 Å². The van der Waals surface area contributed by atoms with E-state index in [-0.39, 0.29) is 11.9 Å². The molecule has 0 radical (unpaired) electrons. The Kier molecular flexibility index (Phi) is 7.66. The highest BCUT2D eigenvalue weighted by Gasteiger charge is 2.25. The molecule has 0 bridgehead atoms. The average molecular weight is 375 g/mol. The van der Waals surface area contributed by atoms with Crippen LogP contribution in [0.1, 0.15) is 44.0 Å². The van der Waals surface area contributed by atoms with Crippen molar-refractivity contribution in [2.75, 3.05) is 39.0 Å². The number of rotatable bonds is 6. The average Bonchev–Trinajstić information content (AvgIpc) is 2.62. The van der Waals surface area contributed by atoms with E-state index in [1.54, 1.807) is 38.4 Å². The van der Waals surface area contributed by atoms with E-state index in [1.807, 2.05) is 0 Å². The summed E-state index contributed by atoms with van der Waals surface area (Å²) in [5, 5.41) is 5.85. The molecule has 1 aromatic rings. The highest BCUT2D eigenvalue weighted by atomic mass is 16.2. The fourth-order valence-electron chi connectivity index (χ4n) is 3.51. The summed E-state index contributed by atoms with van der Waals surface area (Å²) in [5.74, 6) is 1.18. The second-order valence-corrected chi connectivity index (χ2v) is 8.15. The number of hydrogen-bond donors (Lipinski definition) is 2. The van der Waals surface area contributed by atoms with Crippen LogP contribution >= 0.6 is 0 Å². The largest absolute Gasteiger partial charge is 0.345 e. The van der Waals surface area contributed by atoms with Crippen LogP contribution in [0.2, 0.25) is 0 Å². The second-order valence-electron chi connectivity index (χ2n) is 8.15. The summed E-state index contributed by atoms with van der Waals surface area (Å²) < 4.78 is 0. The van der Waals surface area contributed by atoms with E-state index < -0.39 is 0 Å². The highest BCUT2D eigenvalue weighted by molar-refractivity contribution is 5.96. The summed E-state index contributed by atoms with van der Waals surface area (Å²) in [7, 11) is 3.42. The van der Waals surface area contributed by atoms with Crippen molar-refractivity contribution in [2.45, 2.75) is 39.7 Å². The summed E-state index contributed by atoms with van der Waals surface area (Å²) in [6.07, 6.45) is 2.45. The van der Waals surface area contributed by atoms with Gasteiger partial charge in [-0.1, -0.05) is 26.8 Å². The third-order valence-electron chi connectivity index (χ3n) is 5.30. The minimum atomic E-state index is -0.236. The summed E-state index contributed by atoms with van der Waals surface area (Å²) in [4.78, 5) is 28.4. The highest BCUT2D eigenvalue weighted by Crippen LogP contribution is 2.21. The molecule has 1 aromatic carbocycles. The maximum absolute atomic E-state index is 12.4. The molecule has 0 saturated carbocycles. The number of hydrogen-bond acceptors (Lipinski definition) is 3. The van der Waals surface area contributed by atoms with Crippen LogP contribution < -0.4 is 10.6 Å². The Morgan fingerprint density at radius 3 is 2.48 bits per heavy atom. The quantitative estimate of drug-likeness (QED) is 0.803. The Morgan fingerprint density at radius 1 is 1.22 bits per heavy atom. The molecule has 0 aromatic heterocycles. The van der Waals surface area contributed by atoms with Crippen molar-refractivity contribution in [2.24, 2.45) is 11.8 Å². The Morgan fingerprint density at radius 2 is 1.89 bits per heavy atom. The van der Waals surface area contributed by atoms with Gasteiger partial charge in [-0.2, -0.15) is 0 Å². The number of anilines is 1. The fourth-order valence-corrected chi connectivity index (χ4v) is 3.51. The van der Waals surface area contributed by atoms with Crippen LogP contribution in [0, 0.1) is 11.8 Å². The molecule has 0 spiro atoms. The first-order chi connectivity index (χ1) is 12.8. The number of piperidine rings is 1. The predicted octanol–water partition coefficient (Wildman–Crippen LogP) is 3.27. The van der Waals surface area contributed by atoms with Crippen molar-refractivity contribution >= 4 is 17.6 Å². The zero-order chi connectivity index (χ0) is 20.0. The van der Waals surface area contributed by atoms with Crippen LogP contribution in [0.4, 0.5) is 10.5 Å². The number of amides is 3. The monoisotopic (exact) mass is 374 g/mol. The van der Waals surface area contributed by atoms with E-state index in [9.17, 15) is 9.59 Å². The summed E-state index contributed by atoms with van der Waals surface area (Å²) >= 11 is 0. The second kappa shape index (κ2) is 9.74. The molecule has 0 aliphatic carbocycles. The van der Waals surface area contributed by atoms with Crippen LogP contribution in [0.25, 0.3) is 0 Å². The zero-order valence-corrected chi connectivity index (χ0v) is 17.3. The molecule has 1 atom stereocenters. The van der Waals surface area contributed by atoms with Gasteiger partial charge in [-0.25, -0.2) is 4.79 Å². The standard InChI is InChI=1S/C21H34N4O2/c1-15(2)19(25-11-9-16(3)10-12-25)14-22-21(27)23-18-8-6-7-17(13-18)20(26)24(4)5/h6-8,13,15-16,19H,9-12,14H2,1-5H3,(H2,22,23,27). The smallest absolute Gasteiger partial charge is 0.319 e. The molecule has 1 aliphatic rings. The number of nitrogens with one attached hydrogen (secondary N) is 2. The van der Waals surface area contributed by atoms with Crippen molar-refractivity contribution in [1.82, 2.24) is 15.1 Å². The lowest BCUT2D eigenvalue weighted by Gasteiger charge is -2.38. The van der Waals surface area contributed by atoms with E-state index >= 15 is 0 Å². The predicted molar refractivity (Wildman–Crippen MR) is 110 cm³/mol. The van der Waals surface area contributed by atoms with E-state index in [2.05, 4.69) is 36.3 Å². The van der Waals surface area contributed by atoms with Gasteiger partial charge in [0.2, 0.25) is 0 Å². The maximum Gasteiger partial charge on any atom is 0.319 e. The first-order valence-corrected chi connectivity index (χ1v) is 9.88. The minimum Gasteiger partial charge on any atom is -0.345 e. The normalized spacial score (nSPS) is 16.8. The van der Waals surface area contributed by atoms with Crippen LogP contribution in [0.3, 0.4) is 0 Å². The van der Waals surface area contributed by atoms with E-state index in [4.69, 9.17) is 0 Å². The van der Waals surface area contributed by atoms with E-state index in [0.717, 1.165) is 19.0 Å². The third-order valence-corrected chi connectivity index (χ3v) is 5.30. The van der Waals surface area contributed by atoms with Gasteiger partial charge in [0, 0.05) is 37.9 Å². The molecule has 2 N–H and O–H groups in total. The molecule has 6 nitrogen and oxygen atoms in total. The lowest BCUT2D eigenvalue weighted by molar-refractivity contribution is 0.0827. The molecule has 6 heteroatoms. The molecule has 1 unspecified atom stereocenters. The van der Waals surface area contributed by atoms with Crippen molar-refractivity contribution in [1.29, 1.82) is 0 Å². The molecule has 2 rings (SSSR count). The summed E-state index contributed by atoms with van der Waals surface area (Å²) in [6.45, 7) is 9.54. The number of carbonyl (C=O) groups is 2. The maximum atomic E-state index is 12.4. The molecule has 1 saturated heterocycles. The summed E-state index contributed by atoms with van der Waals surface area (Å²) in [5.41, 5.74) is 1.17. The fraction of sp³-hybridized carbons (Fsp3) is 0.619. The molecule has 1 aliphatic heterocycles. The van der Waals surface area contributed by atoms with E-state index in [0.29, 0.717) is 29.8 Å². The number of likely N-dealkylation sites (tertiary alicyclic amines) is 1. The topological polar surface area (TPSA) is 64.7 Å². The van der Waals surface area contributed by atoms with Gasteiger partial charge in [-0.05, 0) is 56.0 Å². The zero-order valence-electron chi connectivity index (χ0n) is 17.3. The Bertz CT molecular complexity index is 637. The minimum absolute atomic E-state index is 0.0849. The number of benzene rings is 1. The van der Waals surface area contributed by atoms with Gasteiger partial charge in [-0.15, -0.1) is 0 Å². The van der Waals surface area contributed by atoms with Gasteiger partial charge < -0.3 is 15.5 Å².